The molecular weight excluding hydrogens is 480 g/mol. The van der Waals surface area contributed by atoms with Gasteiger partial charge in [0, 0.05) is 5.56 Å². The number of amidine groups is 1. The minimum absolute atomic E-state index is 0.120. The van der Waals surface area contributed by atoms with Crippen LogP contribution in [-0.4, -0.2) is 32.1 Å². The lowest BCUT2D eigenvalue weighted by molar-refractivity contribution is -0.124. The van der Waals surface area contributed by atoms with Crippen molar-refractivity contribution in [1.82, 2.24) is 15.6 Å². The number of carbonyl (C=O) groups is 2. The van der Waals surface area contributed by atoms with Crippen LogP contribution in [-0.2, 0) is 14.8 Å². The number of halogens is 1. The van der Waals surface area contributed by atoms with E-state index in [2.05, 4.69) is 36.5 Å². The van der Waals surface area contributed by atoms with Crippen molar-refractivity contribution >= 4 is 54.9 Å². The highest BCUT2D eigenvalue weighted by atomic mass is 79.9. The predicted molar refractivity (Wildman–Crippen MR) is 114 cm³/mol. The van der Waals surface area contributed by atoms with Gasteiger partial charge in [-0.15, -0.1) is 11.3 Å². The predicted octanol–water partition coefficient (Wildman–Crippen LogP) is 2.43. The van der Waals surface area contributed by atoms with Crippen LogP contribution in [0.15, 0.2) is 50.1 Å². The minimum Gasteiger partial charge on any atom is -0.271 e. The Hall–Kier alpha value is -2.24. The van der Waals surface area contributed by atoms with Gasteiger partial charge in [-0.25, -0.2) is 8.42 Å². The molecule has 1 aromatic carbocycles. The molecule has 0 spiro atoms. The molecule has 2 amide bonds. The van der Waals surface area contributed by atoms with Crippen molar-refractivity contribution < 1.29 is 18.0 Å². The van der Waals surface area contributed by atoms with Gasteiger partial charge >= 0.3 is 0 Å². The van der Waals surface area contributed by atoms with Crippen molar-refractivity contribution in [2.75, 3.05) is 0 Å². The maximum atomic E-state index is 12.7. The summed E-state index contributed by atoms with van der Waals surface area (Å²) in [4.78, 5) is 29.8. The molecule has 0 saturated carbocycles. The van der Waals surface area contributed by atoms with Crippen LogP contribution in [0, 0.1) is 5.92 Å². The van der Waals surface area contributed by atoms with Crippen molar-refractivity contribution in [2.24, 2.45) is 10.9 Å². The Kier molecular flexibility index (Phi) is 6.39. The second kappa shape index (κ2) is 8.64. The third kappa shape index (κ3) is 4.68. The number of nitrogens with one attached hydrogen (secondary N) is 3. The molecule has 29 heavy (non-hydrogen) atoms. The van der Waals surface area contributed by atoms with E-state index in [1.165, 1.54) is 17.4 Å². The van der Waals surface area contributed by atoms with Crippen LogP contribution >= 0.6 is 27.3 Å². The fraction of sp³-hybridized carbons (Fsp3) is 0.278. The van der Waals surface area contributed by atoms with Gasteiger partial charge in [0.1, 0.15) is 11.9 Å². The number of hydrazine groups is 1. The molecule has 1 aliphatic heterocycles. The summed E-state index contributed by atoms with van der Waals surface area (Å²) in [5, 5.41) is 0. The number of nitrogens with zero attached hydrogens (tertiary/aromatic N) is 1. The molecule has 11 heteroatoms. The number of hydrogen-bond acceptors (Lipinski definition) is 6. The lowest BCUT2D eigenvalue weighted by atomic mass is 9.99. The van der Waals surface area contributed by atoms with Gasteiger partial charge in [0.25, 0.3) is 21.8 Å². The molecule has 0 radical (unpaired) electrons. The molecule has 1 aromatic heterocycles. The van der Waals surface area contributed by atoms with Crippen molar-refractivity contribution in [3.8, 4) is 0 Å². The molecule has 0 fully saturated rings. The summed E-state index contributed by atoms with van der Waals surface area (Å²) in [6.07, 6.45) is 0.634. The highest BCUT2D eigenvalue weighted by Crippen LogP contribution is 2.24. The average Bonchev–Trinajstić information content (AvgIpc) is 3.24. The third-order valence-corrected chi connectivity index (χ3v) is 7.50. The Bertz CT molecular complexity index is 1080. The number of sulfonamides is 1. The zero-order chi connectivity index (χ0) is 21.2. The van der Waals surface area contributed by atoms with Crippen LogP contribution in [0.3, 0.4) is 0 Å². The van der Waals surface area contributed by atoms with Crippen LogP contribution in [0.5, 0.6) is 0 Å². The quantitative estimate of drug-likeness (QED) is 0.548. The summed E-state index contributed by atoms with van der Waals surface area (Å²) < 4.78 is 27.8. The topological polar surface area (TPSA) is 117 Å². The van der Waals surface area contributed by atoms with Crippen LogP contribution in [0.1, 0.15) is 35.5 Å². The number of amides is 2. The molecule has 0 bridgehead atoms. The lowest BCUT2D eigenvalue weighted by Crippen LogP contribution is -2.48. The summed E-state index contributed by atoms with van der Waals surface area (Å²) in [5.41, 5.74) is 5.19. The van der Waals surface area contributed by atoms with Gasteiger partial charge in [-0.2, -0.15) is 0 Å². The number of fused-ring (bicyclic) bond motifs is 1. The van der Waals surface area contributed by atoms with E-state index in [1.54, 1.807) is 30.3 Å². The van der Waals surface area contributed by atoms with E-state index in [4.69, 9.17) is 0 Å². The zero-order valence-corrected chi connectivity index (χ0v) is 18.8. The van der Waals surface area contributed by atoms with Crippen molar-refractivity contribution in [1.29, 1.82) is 0 Å². The fourth-order valence-electron chi connectivity index (χ4n) is 2.73. The van der Waals surface area contributed by atoms with E-state index in [9.17, 15) is 18.0 Å². The number of hydrogen-bond donors (Lipinski definition) is 3. The Morgan fingerprint density at radius 1 is 1.21 bits per heavy atom. The maximum absolute atomic E-state index is 12.7. The van der Waals surface area contributed by atoms with Crippen molar-refractivity contribution in [3.05, 3.63) is 50.6 Å². The first-order chi connectivity index (χ1) is 13.7. The largest absolute Gasteiger partial charge is 0.279 e. The van der Waals surface area contributed by atoms with Crippen LogP contribution in [0.25, 0.3) is 0 Å². The normalized spacial score (nSPS) is 17.8. The Morgan fingerprint density at radius 3 is 2.59 bits per heavy atom. The first-order valence-electron chi connectivity index (χ1n) is 8.78. The van der Waals surface area contributed by atoms with E-state index >= 15 is 0 Å². The van der Waals surface area contributed by atoms with Gasteiger partial charge in [-0.3, -0.25) is 30.2 Å². The second-order valence-electron chi connectivity index (χ2n) is 6.46. The van der Waals surface area contributed by atoms with Crippen LogP contribution in [0.4, 0.5) is 0 Å². The summed E-state index contributed by atoms with van der Waals surface area (Å²) in [5.74, 6) is -1.04. The van der Waals surface area contributed by atoms with Gasteiger partial charge in [0.15, 0.2) is 0 Å². The molecule has 2 atom stereocenters. The van der Waals surface area contributed by atoms with E-state index in [0.717, 1.165) is 3.79 Å². The van der Waals surface area contributed by atoms with Gasteiger partial charge in [0.05, 0.1) is 13.6 Å². The zero-order valence-electron chi connectivity index (χ0n) is 15.6. The van der Waals surface area contributed by atoms with Gasteiger partial charge in [-0.1, -0.05) is 32.4 Å². The van der Waals surface area contributed by atoms with Crippen LogP contribution in [0.2, 0.25) is 0 Å². The molecule has 1 aliphatic rings. The molecule has 0 saturated heterocycles. The highest BCUT2D eigenvalue weighted by Gasteiger charge is 2.33. The summed E-state index contributed by atoms with van der Waals surface area (Å²) >= 11 is 4.51. The number of rotatable bonds is 5. The molecular formula is C18H19BrN4O4S2. The molecule has 3 N–H and O–H groups in total. The Morgan fingerprint density at radius 2 is 1.93 bits per heavy atom. The summed E-state index contributed by atoms with van der Waals surface area (Å²) in [6.45, 7) is 3.74. The average molecular weight is 499 g/mol. The van der Waals surface area contributed by atoms with Gasteiger partial charge in [0.2, 0.25) is 0 Å². The second-order valence-corrected chi connectivity index (χ2v) is 10.6. The molecule has 0 aliphatic carbocycles. The smallest absolute Gasteiger partial charge is 0.271 e. The molecule has 154 valence electrons. The first kappa shape index (κ1) is 21.5. The number of aliphatic imine (C=N–C) groups is 1. The molecule has 3 rings (SSSR count). The van der Waals surface area contributed by atoms with E-state index < -0.39 is 27.9 Å². The van der Waals surface area contributed by atoms with E-state index in [-0.39, 0.29) is 16.6 Å². The Labute approximate surface area is 181 Å². The van der Waals surface area contributed by atoms with E-state index in [1.807, 2.05) is 13.8 Å². The summed E-state index contributed by atoms with van der Waals surface area (Å²) in [6, 6.07) is 8.92. The number of thiophene rings is 1. The molecule has 8 nitrogen and oxygen atoms in total. The molecule has 2 heterocycles. The first-order valence-corrected chi connectivity index (χ1v) is 11.9. The maximum Gasteiger partial charge on any atom is 0.279 e. The lowest BCUT2D eigenvalue weighted by Gasteiger charge is -2.19. The monoisotopic (exact) mass is 498 g/mol. The fourth-order valence-corrected chi connectivity index (χ4v) is 5.25. The number of benzene rings is 1. The highest BCUT2D eigenvalue weighted by molar-refractivity contribution is 9.11. The summed E-state index contributed by atoms with van der Waals surface area (Å²) in [7, 11) is -3.70. The Balaban J connectivity index is 1.81. The number of carbonyl (C=O) groups excluding carboxylic acids is 2. The standard InChI is InChI=1S/C18H19BrN4O4S2/c1-3-10(2)15(18(25)22-21-17(24)12-8-9-14(19)28-12)20-16-11-6-4-5-7-13(11)29(26,27)23-16/h4-10,15H,3H2,1-2H3,(H,20,23)(H,21,24)(H,22,25)/t10-,15-/m0/s1. The molecule has 2 aromatic rings. The van der Waals surface area contributed by atoms with Crippen LogP contribution < -0.4 is 15.6 Å². The van der Waals surface area contributed by atoms with Crippen molar-refractivity contribution in [2.45, 2.75) is 31.2 Å². The van der Waals surface area contributed by atoms with Gasteiger partial charge in [-0.05, 0) is 46.1 Å². The SMILES string of the molecule is CC[C@H](C)[C@H](N=C1NS(=O)(=O)c2ccccc21)C(=O)NNC(=O)c1ccc(Br)s1. The molecule has 0 unspecified atom stereocenters. The third-order valence-electron chi connectivity index (χ3n) is 4.48. The van der Waals surface area contributed by atoms with E-state index in [0.29, 0.717) is 16.9 Å². The minimum atomic E-state index is -3.70. The van der Waals surface area contributed by atoms with Gasteiger partial charge < -0.3 is 0 Å². The van der Waals surface area contributed by atoms with Crippen molar-refractivity contribution in [3.63, 3.8) is 0 Å².